The number of hydrogen-bond donors (Lipinski definition) is 0. The van der Waals surface area contributed by atoms with Crippen molar-refractivity contribution in [2.24, 2.45) is 0 Å². The number of rotatable bonds is 1. The molecule has 1 nitrogen and oxygen atoms in total. The van der Waals surface area contributed by atoms with Gasteiger partial charge in [0.1, 0.15) is 5.78 Å². The lowest BCUT2D eigenvalue weighted by molar-refractivity contribution is -0.117. The fraction of sp³-hybridized carbons (Fsp3) is 0.188. The van der Waals surface area contributed by atoms with Crippen LogP contribution in [0.4, 0.5) is 0 Å². The molecule has 2 aromatic rings. The minimum Gasteiger partial charge on any atom is -0.299 e. The summed E-state index contributed by atoms with van der Waals surface area (Å²) >= 11 is 0. The summed E-state index contributed by atoms with van der Waals surface area (Å²) in [7, 11) is 0. The van der Waals surface area contributed by atoms with E-state index >= 15 is 0 Å². The fourth-order valence-corrected chi connectivity index (χ4v) is 2.76. The Morgan fingerprint density at radius 1 is 0.941 bits per heavy atom. The summed E-state index contributed by atoms with van der Waals surface area (Å²) in [5, 5.41) is 0. The number of carbonyl (C=O) groups excluding carboxylic acids is 1. The Morgan fingerprint density at radius 2 is 1.41 bits per heavy atom. The van der Waals surface area contributed by atoms with E-state index in [0.29, 0.717) is 0 Å². The van der Waals surface area contributed by atoms with Gasteiger partial charge in [-0.15, -0.1) is 0 Å². The molecular weight excluding hydrogens is 208 g/mol. The van der Waals surface area contributed by atoms with Crippen molar-refractivity contribution in [2.45, 2.75) is 19.3 Å². The molecule has 0 radical (unpaired) electrons. The van der Waals surface area contributed by atoms with Crippen LogP contribution in [0.5, 0.6) is 0 Å². The van der Waals surface area contributed by atoms with Crippen LogP contribution in [0.25, 0.3) is 0 Å². The first-order valence-corrected chi connectivity index (χ1v) is 5.93. The number of fused-ring (bicyclic) bond motifs is 2. The molecular formula is C16H14O. The van der Waals surface area contributed by atoms with Crippen LogP contribution in [0, 0.1) is 0 Å². The van der Waals surface area contributed by atoms with Gasteiger partial charge in [0.2, 0.25) is 0 Å². The SMILES string of the molecule is CC(=O)C1c2ccccc2Cc2ccccc21. The van der Waals surface area contributed by atoms with Crippen LogP contribution in [-0.4, -0.2) is 5.78 Å². The summed E-state index contributed by atoms with van der Waals surface area (Å²) in [6.45, 7) is 1.68. The normalized spacial score (nSPS) is 13.9. The van der Waals surface area contributed by atoms with Gasteiger partial charge in [0.15, 0.2) is 0 Å². The maximum absolute atomic E-state index is 11.9. The molecule has 0 fully saturated rings. The van der Waals surface area contributed by atoms with Gasteiger partial charge in [-0.1, -0.05) is 48.5 Å². The molecule has 0 aliphatic heterocycles. The molecule has 0 unspecified atom stereocenters. The van der Waals surface area contributed by atoms with E-state index in [-0.39, 0.29) is 11.7 Å². The second kappa shape index (κ2) is 3.85. The van der Waals surface area contributed by atoms with Gasteiger partial charge in [-0.3, -0.25) is 4.79 Å². The van der Waals surface area contributed by atoms with Gasteiger partial charge in [0, 0.05) is 0 Å². The lowest BCUT2D eigenvalue weighted by atomic mass is 9.76. The maximum atomic E-state index is 11.9. The molecule has 0 saturated carbocycles. The minimum atomic E-state index is -0.0730. The molecule has 84 valence electrons. The van der Waals surface area contributed by atoms with Crippen molar-refractivity contribution < 1.29 is 4.79 Å². The zero-order valence-corrected chi connectivity index (χ0v) is 9.81. The van der Waals surface area contributed by atoms with Crippen molar-refractivity contribution in [1.82, 2.24) is 0 Å². The molecule has 1 heteroatoms. The van der Waals surface area contributed by atoms with E-state index in [1.807, 2.05) is 24.3 Å². The Morgan fingerprint density at radius 3 is 1.88 bits per heavy atom. The smallest absolute Gasteiger partial charge is 0.141 e. The van der Waals surface area contributed by atoms with E-state index < -0.39 is 0 Å². The summed E-state index contributed by atoms with van der Waals surface area (Å²) < 4.78 is 0. The summed E-state index contributed by atoms with van der Waals surface area (Å²) in [4.78, 5) is 11.9. The Hall–Kier alpha value is -1.89. The molecule has 0 saturated heterocycles. The van der Waals surface area contributed by atoms with Crippen LogP contribution in [0.15, 0.2) is 48.5 Å². The summed E-state index contributed by atoms with van der Waals surface area (Å²) in [5.74, 6) is 0.153. The Bertz CT molecular complexity index is 538. The largest absolute Gasteiger partial charge is 0.299 e. The summed E-state index contributed by atoms with van der Waals surface area (Å²) in [6.07, 6.45) is 0.941. The van der Waals surface area contributed by atoms with Crippen LogP contribution in [0.3, 0.4) is 0 Å². The minimum absolute atomic E-state index is 0.0730. The predicted molar refractivity (Wildman–Crippen MR) is 68.2 cm³/mol. The average molecular weight is 222 g/mol. The van der Waals surface area contributed by atoms with Gasteiger partial charge in [-0.05, 0) is 35.6 Å². The molecule has 0 heterocycles. The van der Waals surface area contributed by atoms with E-state index in [1.165, 1.54) is 22.3 Å². The highest BCUT2D eigenvalue weighted by atomic mass is 16.1. The maximum Gasteiger partial charge on any atom is 0.141 e. The number of ketones is 1. The second-order valence-electron chi connectivity index (χ2n) is 4.62. The molecule has 0 atom stereocenters. The number of carbonyl (C=O) groups is 1. The highest BCUT2D eigenvalue weighted by molar-refractivity contribution is 5.88. The molecule has 1 aliphatic carbocycles. The van der Waals surface area contributed by atoms with Gasteiger partial charge in [-0.25, -0.2) is 0 Å². The molecule has 0 bridgehead atoms. The van der Waals surface area contributed by atoms with E-state index in [4.69, 9.17) is 0 Å². The van der Waals surface area contributed by atoms with Crippen LogP contribution in [-0.2, 0) is 11.2 Å². The number of Topliss-reactive ketones (excluding diaryl/α,β-unsaturated/α-hetero) is 1. The molecule has 0 N–H and O–H groups in total. The Labute approximate surface area is 101 Å². The van der Waals surface area contributed by atoms with E-state index in [1.54, 1.807) is 6.92 Å². The first-order chi connectivity index (χ1) is 8.27. The third-order valence-electron chi connectivity index (χ3n) is 3.52. The summed E-state index contributed by atoms with van der Waals surface area (Å²) in [5.41, 5.74) is 4.93. The van der Waals surface area contributed by atoms with Crippen molar-refractivity contribution in [1.29, 1.82) is 0 Å². The van der Waals surface area contributed by atoms with E-state index in [9.17, 15) is 4.79 Å². The van der Waals surface area contributed by atoms with Crippen molar-refractivity contribution >= 4 is 5.78 Å². The highest BCUT2D eigenvalue weighted by Gasteiger charge is 2.27. The quantitative estimate of drug-likeness (QED) is 0.723. The molecule has 0 amide bonds. The Balaban J connectivity index is 2.24. The molecule has 2 aromatic carbocycles. The lowest BCUT2D eigenvalue weighted by Gasteiger charge is -2.26. The van der Waals surface area contributed by atoms with Crippen molar-refractivity contribution in [3.8, 4) is 0 Å². The molecule has 0 spiro atoms. The average Bonchev–Trinajstić information content (AvgIpc) is 2.35. The zero-order valence-electron chi connectivity index (χ0n) is 9.81. The third-order valence-corrected chi connectivity index (χ3v) is 3.52. The number of hydrogen-bond acceptors (Lipinski definition) is 1. The standard InChI is InChI=1S/C16H14O/c1-11(17)16-14-8-4-2-6-12(14)10-13-7-3-5-9-15(13)16/h2-9,16H,10H2,1H3. The van der Waals surface area contributed by atoms with Gasteiger partial charge >= 0.3 is 0 Å². The molecule has 1 aliphatic rings. The molecule has 17 heavy (non-hydrogen) atoms. The first-order valence-electron chi connectivity index (χ1n) is 5.93. The molecule has 0 aromatic heterocycles. The fourth-order valence-electron chi connectivity index (χ4n) is 2.76. The third kappa shape index (κ3) is 1.59. The van der Waals surface area contributed by atoms with Crippen molar-refractivity contribution in [3.63, 3.8) is 0 Å². The monoisotopic (exact) mass is 222 g/mol. The van der Waals surface area contributed by atoms with E-state index in [0.717, 1.165) is 6.42 Å². The lowest BCUT2D eigenvalue weighted by Crippen LogP contribution is -2.19. The first kappa shape index (κ1) is 10.3. The predicted octanol–water partition coefficient (Wildman–Crippen LogP) is 3.31. The Kier molecular flexibility index (Phi) is 2.32. The second-order valence-corrected chi connectivity index (χ2v) is 4.62. The van der Waals surface area contributed by atoms with Gasteiger partial charge in [0.05, 0.1) is 5.92 Å². The van der Waals surface area contributed by atoms with Crippen LogP contribution < -0.4 is 0 Å². The molecule has 3 rings (SSSR count). The van der Waals surface area contributed by atoms with Crippen molar-refractivity contribution in [2.75, 3.05) is 0 Å². The topological polar surface area (TPSA) is 17.1 Å². The van der Waals surface area contributed by atoms with Gasteiger partial charge in [-0.2, -0.15) is 0 Å². The number of benzene rings is 2. The van der Waals surface area contributed by atoms with Crippen LogP contribution >= 0.6 is 0 Å². The summed E-state index contributed by atoms with van der Waals surface area (Å²) in [6, 6.07) is 16.5. The zero-order chi connectivity index (χ0) is 11.8. The van der Waals surface area contributed by atoms with Crippen molar-refractivity contribution in [3.05, 3.63) is 70.8 Å². The highest BCUT2D eigenvalue weighted by Crippen LogP contribution is 2.36. The van der Waals surface area contributed by atoms with Crippen LogP contribution in [0.2, 0.25) is 0 Å². The van der Waals surface area contributed by atoms with Gasteiger partial charge in [0.25, 0.3) is 0 Å². The van der Waals surface area contributed by atoms with E-state index in [2.05, 4.69) is 24.3 Å². The van der Waals surface area contributed by atoms with Crippen LogP contribution in [0.1, 0.15) is 35.1 Å². The van der Waals surface area contributed by atoms with Gasteiger partial charge < -0.3 is 0 Å².